The lowest BCUT2D eigenvalue weighted by Crippen LogP contribution is -2.54. The van der Waals surface area contributed by atoms with Gasteiger partial charge in [0.2, 0.25) is 0 Å². The number of nitrogens with one attached hydrogen (secondary N) is 1. The number of methoxy groups -OCH3 is 2. The highest BCUT2D eigenvalue weighted by Crippen LogP contribution is 2.30. The summed E-state index contributed by atoms with van der Waals surface area (Å²) in [4.78, 5) is 15.8. The SMILES string of the molecule is COCCCOc1cc(C(=O)N(C(C)C)C2CNCC(COc3cccc(OCc4ccccc4)c3)C2)ccc1OC. The van der Waals surface area contributed by atoms with E-state index >= 15 is 0 Å². The maximum atomic E-state index is 13.8. The molecule has 1 heterocycles. The number of benzene rings is 3. The molecule has 42 heavy (non-hydrogen) atoms. The van der Waals surface area contributed by atoms with Gasteiger partial charge in [-0.2, -0.15) is 0 Å². The lowest BCUT2D eigenvalue weighted by atomic mass is 9.94. The molecule has 0 aromatic heterocycles. The molecule has 1 N–H and O–H groups in total. The molecule has 3 aromatic carbocycles. The normalized spacial score (nSPS) is 16.6. The number of piperidine rings is 1. The Morgan fingerprint density at radius 2 is 1.67 bits per heavy atom. The van der Waals surface area contributed by atoms with Gasteiger partial charge >= 0.3 is 0 Å². The molecule has 2 atom stereocenters. The van der Waals surface area contributed by atoms with Crippen molar-refractivity contribution in [3.05, 3.63) is 83.9 Å². The van der Waals surface area contributed by atoms with Crippen molar-refractivity contribution < 1.29 is 28.5 Å². The third-order valence-electron chi connectivity index (χ3n) is 7.30. The largest absolute Gasteiger partial charge is 0.493 e. The summed E-state index contributed by atoms with van der Waals surface area (Å²) in [5.41, 5.74) is 1.70. The molecule has 226 valence electrons. The molecular formula is C34H44N2O6. The predicted octanol–water partition coefficient (Wildman–Crippen LogP) is 5.60. The zero-order valence-corrected chi connectivity index (χ0v) is 25.2. The number of nitrogens with zero attached hydrogens (tertiary/aromatic N) is 1. The molecule has 1 aliphatic rings. The Kier molecular flexibility index (Phi) is 11.9. The van der Waals surface area contributed by atoms with E-state index in [9.17, 15) is 4.79 Å². The van der Waals surface area contributed by atoms with E-state index in [-0.39, 0.29) is 23.9 Å². The van der Waals surface area contributed by atoms with Crippen molar-refractivity contribution in [3.8, 4) is 23.0 Å². The molecule has 1 amide bonds. The number of hydrogen-bond acceptors (Lipinski definition) is 7. The van der Waals surface area contributed by atoms with E-state index in [1.54, 1.807) is 26.4 Å². The molecule has 1 saturated heterocycles. The van der Waals surface area contributed by atoms with Crippen LogP contribution in [-0.2, 0) is 11.3 Å². The van der Waals surface area contributed by atoms with Gasteiger partial charge in [-0.05, 0) is 56.2 Å². The van der Waals surface area contributed by atoms with Crippen LogP contribution in [0.1, 0.15) is 42.6 Å². The molecule has 0 bridgehead atoms. The van der Waals surface area contributed by atoms with Crippen LogP contribution in [0.4, 0.5) is 0 Å². The van der Waals surface area contributed by atoms with E-state index in [1.807, 2.05) is 65.6 Å². The number of hydrogen-bond donors (Lipinski definition) is 1. The van der Waals surface area contributed by atoms with Gasteiger partial charge in [0.25, 0.3) is 5.91 Å². The highest BCUT2D eigenvalue weighted by molar-refractivity contribution is 5.95. The first-order valence-corrected chi connectivity index (χ1v) is 14.7. The number of rotatable bonds is 15. The van der Waals surface area contributed by atoms with Crippen molar-refractivity contribution >= 4 is 5.91 Å². The summed E-state index contributed by atoms with van der Waals surface area (Å²) in [5.74, 6) is 2.94. The van der Waals surface area contributed by atoms with E-state index in [1.165, 1.54) is 0 Å². The molecule has 0 aliphatic carbocycles. The smallest absolute Gasteiger partial charge is 0.254 e. The fourth-order valence-electron chi connectivity index (χ4n) is 5.23. The zero-order chi connectivity index (χ0) is 29.7. The molecule has 3 aromatic rings. The molecule has 2 unspecified atom stereocenters. The number of carbonyl (C=O) groups is 1. The first-order chi connectivity index (χ1) is 20.5. The maximum Gasteiger partial charge on any atom is 0.254 e. The first-order valence-electron chi connectivity index (χ1n) is 14.7. The minimum absolute atomic E-state index is 0.0222. The highest BCUT2D eigenvalue weighted by Gasteiger charge is 2.32. The summed E-state index contributed by atoms with van der Waals surface area (Å²) >= 11 is 0. The predicted molar refractivity (Wildman–Crippen MR) is 164 cm³/mol. The van der Waals surface area contributed by atoms with E-state index in [4.69, 9.17) is 23.7 Å². The van der Waals surface area contributed by atoms with Crippen molar-refractivity contribution in [1.29, 1.82) is 0 Å². The second-order valence-electron chi connectivity index (χ2n) is 10.8. The van der Waals surface area contributed by atoms with Crippen molar-refractivity contribution in [2.75, 3.05) is 47.1 Å². The molecule has 8 heteroatoms. The molecule has 0 saturated carbocycles. The third-order valence-corrected chi connectivity index (χ3v) is 7.30. The van der Waals surface area contributed by atoms with Crippen LogP contribution in [0.3, 0.4) is 0 Å². The lowest BCUT2D eigenvalue weighted by molar-refractivity contribution is 0.0509. The van der Waals surface area contributed by atoms with Gasteiger partial charge in [-0.25, -0.2) is 0 Å². The van der Waals surface area contributed by atoms with Gasteiger partial charge in [0.1, 0.15) is 18.1 Å². The Morgan fingerprint density at radius 3 is 2.40 bits per heavy atom. The molecular weight excluding hydrogens is 532 g/mol. The Bertz CT molecular complexity index is 1250. The van der Waals surface area contributed by atoms with E-state index in [0.29, 0.717) is 43.5 Å². The average Bonchev–Trinajstić information content (AvgIpc) is 3.02. The van der Waals surface area contributed by atoms with E-state index in [2.05, 4.69) is 19.2 Å². The summed E-state index contributed by atoms with van der Waals surface area (Å²) in [6, 6.07) is 23.3. The Labute approximate surface area is 249 Å². The topological polar surface area (TPSA) is 78.5 Å². The van der Waals surface area contributed by atoms with Crippen LogP contribution in [0.15, 0.2) is 72.8 Å². The minimum atomic E-state index is -0.0222. The summed E-state index contributed by atoms with van der Waals surface area (Å²) < 4.78 is 28.7. The van der Waals surface area contributed by atoms with Gasteiger partial charge in [0, 0.05) is 62.9 Å². The lowest BCUT2D eigenvalue weighted by Gasteiger charge is -2.40. The minimum Gasteiger partial charge on any atom is -0.493 e. The molecule has 8 nitrogen and oxygen atoms in total. The van der Waals surface area contributed by atoms with Gasteiger partial charge in [-0.1, -0.05) is 36.4 Å². The van der Waals surface area contributed by atoms with Crippen LogP contribution in [0.5, 0.6) is 23.0 Å². The summed E-state index contributed by atoms with van der Waals surface area (Å²) in [6.07, 6.45) is 1.59. The molecule has 0 radical (unpaired) electrons. The van der Waals surface area contributed by atoms with Gasteiger partial charge in [0.15, 0.2) is 11.5 Å². The van der Waals surface area contributed by atoms with Crippen LogP contribution in [-0.4, -0.2) is 70.0 Å². The van der Waals surface area contributed by atoms with Gasteiger partial charge < -0.3 is 33.9 Å². The Morgan fingerprint density at radius 1 is 0.881 bits per heavy atom. The highest BCUT2D eigenvalue weighted by atomic mass is 16.5. The average molecular weight is 577 g/mol. The molecule has 0 spiro atoms. The Hall–Kier alpha value is -3.75. The number of ether oxygens (including phenoxy) is 5. The van der Waals surface area contributed by atoms with Gasteiger partial charge in [-0.3, -0.25) is 4.79 Å². The summed E-state index contributed by atoms with van der Waals surface area (Å²) in [5, 5.41) is 3.53. The van der Waals surface area contributed by atoms with Crippen LogP contribution < -0.4 is 24.3 Å². The van der Waals surface area contributed by atoms with Crippen LogP contribution in [0.2, 0.25) is 0 Å². The van der Waals surface area contributed by atoms with Crippen molar-refractivity contribution in [1.82, 2.24) is 10.2 Å². The zero-order valence-electron chi connectivity index (χ0n) is 25.2. The number of carbonyl (C=O) groups excluding carboxylic acids is 1. The standard InChI is InChI=1S/C34H44N2O6/c1-25(2)36(34(37)28-14-15-32(39-4)33(19-28)40-17-9-16-38-3)29-18-27(21-35-22-29)24-42-31-13-8-12-30(20-31)41-23-26-10-6-5-7-11-26/h5-8,10-15,19-20,25,27,29,35H,9,16-18,21-24H2,1-4H3. The van der Waals surface area contributed by atoms with Crippen molar-refractivity contribution in [3.63, 3.8) is 0 Å². The molecule has 4 rings (SSSR count). The number of amides is 1. The second kappa shape index (κ2) is 16.0. The Balaban J connectivity index is 1.36. The summed E-state index contributed by atoms with van der Waals surface area (Å²) in [6.45, 7) is 7.83. The fourth-order valence-corrected chi connectivity index (χ4v) is 5.23. The van der Waals surface area contributed by atoms with Crippen LogP contribution in [0, 0.1) is 5.92 Å². The maximum absolute atomic E-state index is 13.8. The monoisotopic (exact) mass is 576 g/mol. The fraction of sp³-hybridized carbons (Fsp3) is 0.441. The van der Waals surface area contributed by atoms with Gasteiger partial charge in [0.05, 0.1) is 20.3 Å². The third kappa shape index (κ3) is 8.87. The van der Waals surface area contributed by atoms with Crippen LogP contribution >= 0.6 is 0 Å². The van der Waals surface area contributed by atoms with Crippen molar-refractivity contribution in [2.45, 2.75) is 45.4 Å². The quantitative estimate of drug-likeness (QED) is 0.236. The molecule has 1 aliphatic heterocycles. The van der Waals surface area contributed by atoms with Crippen LogP contribution in [0.25, 0.3) is 0 Å². The second-order valence-corrected chi connectivity index (χ2v) is 10.8. The van der Waals surface area contributed by atoms with E-state index < -0.39 is 0 Å². The van der Waals surface area contributed by atoms with Gasteiger partial charge in [-0.15, -0.1) is 0 Å². The van der Waals surface area contributed by atoms with Crippen molar-refractivity contribution in [2.24, 2.45) is 5.92 Å². The molecule has 1 fully saturated rings. The van der Waals surface area contributed by atoms with E-state index in [0.717, 1.165) is 43.0 Å². The summed E-state index contributed by atoms with van der Waals surface area (Å²) in [7, 11) is 3.26. The first kappa shape index (κ1) is 31.2.